The van der Waals surface area contributed by atoms with E-state index in [4.69, 9.17) is 5.21 Å². The molecule has 102 valence electrons. The molecule has 0 aliphatic carbocycles. The van der Waals surface area contributed by atoms with Gasteiger partial charge in [0.25, 0.3) is 0 Å². The van der Waals surface area contributed by atoms with Gasteiger partial charge in [-0.2, -0.15) is 8.78 Å². The number of aromatic nitrogens is 3. The maximum Gasteiger partial charge on any atom is 0.320 e. The number of hydrogen-bond acceptors (Lipinski definition) is 5. The van der Waals surface area contributed by atoms with E-state index in [1.807, 2.05) is 5.32 Å². The summed E-state index contributed by atoms with van der Waals surface area (Å²) in [6, 6.07) is -3.14. The van der Waals surface area contributed by atoms with Crippen molar-refractivity contribution in [1.82, 2.24) is 20.3 Å². The van der Waals surface area contributed by atoms with Gasteiger partial charge in [0, 0.05) is 14.0 Å². The Morgan fingerprint density at radius 1 is 1.47 bits per heavy atom. The van der Waals surface area contributed by atoms with Gasteiger partial charge in [0.05, 0.1) is 29.3 Å². The Morgan fingerprint density at radius 2 is 2.21 bits per heavy atom. The van der Waals surface area contributed by atoms with Crippen molar-refractivity contribution in [3.05, 3.63) is 18.1 Å². The summed E-state index contributed by atoms with van der Waals surface area (Å²) in [5, 5.41) is 16.6. The van der Waals surface area contributed by atoms with Crippen LogP contribution in [0.3, 0.4) is 0 Å². The molecule has 0 amide bonds. The first-order chi connectivity index (χ1) is 8.96. The maximum absolute atomic E-state index is 13.1. The van der Waals surface area contributed by atoms with Crippen molar-refractivity contribution >= 4 is 22.7 Å². The number of alkyl halides is 2. The first-order valence-electron chi connectivity index (χ1n) is 5.34. The van der Waals surface area contributed by atoms with E-state index < -0.39 is 6.05 Å². The number of fused-ring (bicyclic) bond motifs is 1. The second-order valence-electron chi connectivity index (χ2n) is 3.86. The minimum atomic E-state index is -3.14. The molecule has 2 rings (SSSR count). The largest absolute Gasteiger partial charge is 0.409 e. The number of nitrogens with one attached hydrogen (secondary N) is 3. The standard InChI is InChI=1S/C10H12F2N6O/c1-10(11,12)17-5-3-14-9-7(15-4-16-9)6(5)8(13-2)18-19/h3-4,17,19H,1-2H3,(H,13,18)(H,14,15,16). The Kier molecular flexibility index (Phi) is 3.19. The molecule has 0 saturated heterocycles. The Morgan fingerprint density at radius 3 is 2.79 bits per heavy atom. The van der Waals surface area contributed by atoms with Crippen molar-refractivity contribution < 1.29 is 14.0 Å². The number of anilines is 1. The van der Waals surface area contributed by atoms with Crippen LogP contribution < -0.4 is 10.6 Å². The molecule has 2 aromatic heterocycles. The van der Waals surface area contributed by atoms with Crippen LogP contribution in [0.2, 0.25) is 0 Å². The molecule has 0 fully saturated rings. The number of hydrogen-bond donors (Lipinski definition) is 4. The van der Waals surface area contributed by atoms with Crippen LogP contribution >= 0.6 is 0 Å². The quantitative estimate of drug-likeness (QED) is 0.222. The molecule has 0 aliphatic heterocycles. The van der Waals surface area contributed by atoms with Gasteiger partial charge in [-0.05, 0) is 0 Å². The SMILES string of the molecule is CNC(=NO)c1c(NC(C)(F)F)cnc2nc[nH]c12. The molecule has 2 aromatic rings. The fraction of sp³-hybridized carbons (Fsp3) is 0.300. The number of rotatable bonds is 3. The molecule has 2 heterocycles. The third kappa shape index (κ3) is 2.54. The van der Waals surface area contributed by atoms with E-state index in [0.717, 1.165) is 0 Å². The van der Waals surface area contributed by atoms with Crippen molar-refractivity contribution in [2.24, 2.45) is 5.16 Å². The van der Waals surface area contributed by atoms with Gasteiger partial charge in [0.15, 0.2) is 11.5 Å². The molecule has 0 aliphatic rings. The first-order valence-corrected chi connectivity index (χ1v) is 5.34. The summed E-state index contributed by atoms with van der Waals surface area (Å²) >= 11 is 0. The van der Waals surface area contributed by atoms with E-state index in [0.29, 0.717) is 18.1 Å². The second kappa shape index (κ2) is 4.67. The number of oxime groups is 1. The Balaban J connectivity index is 2.66. The molecule has 4 N–H and O–H groups in total. The number of nitrogens with zero attached hydrogens (tertiary/aromatic N) is 3. The summed E-state index contributed by atoms with van der Waals surface area (Å²) in [6.07, 6.45) is 2.58. The van der Waals surface area contributed by atoms with Crippen LogP contribution in [-0.2, 0) is 0 Å². The Bertz CT molecular complexity index is 618. The number of halogens is 2. The number of amidine groups is 1. The predicted octanol–water partition coefficient (Wildman–Crippen LogP) is 1.34. The van der Waals surface area contributed by atoms with Gasteiger partial charge in [0.1, 0.15) is 0 Å². The van der Waals surface area contributed by atoms with Crippen molar-refractivity contribution in [3.63, 3.8) is 0 Å². The highest BCUT2D eigenvalue weighted by Crippen LogP contribution is 2.26. The topological polar surface area (TPSA) is 98.2 Å². The fourth-order valence-corrected chi connectivity index (χ4v) is 1.70. The molecule has 9 heteroatoms. The maximum atomic E-state index is 13.1. The first kappa shape index (κ1) is 13.0. The minimum Gasteiger partial charge on any atom is -0.409 e. The van der Waals surface area contributed by atoms with E-state index in [-0.39, 0.29) is 17.1 Å². The van der Waals surface area contributed by atoms with Gasteiger partial charge >= 0.3 is 6.05 Å². The van der Waals surface area contributed by atoms with Gasteiger partial charge in [-0.3, -0.25) is 0 Å². The average molecular weight is 270 g/mol. The van der Waals surface area contributed by atoms with Crippen LogP contribution in [0.25, 0.3) is 11.2 Å². The van der Waals surface area contributed by atoms with Crippen LogP contribution in [0.5, 0.6) is 0 Å². The molecule has 19 heavy (non-hydrogen) atoms. The van der Waals surface area contributed by atoms with Gasteiger partial charge < -0.3 is 20.8 Å². The summed E-state index contributed by atoms with van der Waals surface area (Å²) in [6.45, 7) is 0.711. The van der Waals surface area contributed by atoms with Gasteiger partial charge in [-0.15, -0.1) is 0 Å². The van der Waals surface area contributed by atoms with Crippen molar-refractivity contribution in [2.45, 2.75) is 13.0 Å². The smallest absolute Gasteiger partial charge is 0.320 e. The number of imidazole rings is 1. The van der Waals surface area contributed by atoms with Crippen molar-refractivity contribution in [3.8, 4) is 0 Å². The van der Waals surface area contributed by atoms with Crippen LogP contribution in [0, 0.1) is 0 Å². The Labute approximate surface area is 106 Å². The highest BCUT2D eigenvalue weighted by Gasteiger charge is 2.25. The zero-order chi connectivity index (χ0) is 14.0. The highest BCUT2D eigenvalue weighted by molar-refractivity contribution is 6.11. The predicted molar refractivity (Wildman–Crippen MR) is 65.5 cm³/mol. The molecule has 0 radical (unpaired) electrons. The van der Waals surface area contributed by atoms with Crippen molar-refractivity contribution in [2.75, 3.05) is 12.4 Å². The Hall–Kier alpha value is -2.45. The lowest BCUT2D eigenvalue weighted by Gasteiger charge is -2.17. The van der Waals surface area contributed by atoms with E-state index in [1.54, 1.807) is 0 Å². The minimum absolute atomic E-state index is 0.0170. The third-order valence-electron chi connectivity index (χ3n) is 2.38. The lowest BCUT2D eigenvalue weighted by Crippen LogP contribution is -2.27. The highest BCUT2D eigenvalue weighted by atomic mass is 19.3. The van der Waals surface area contributed by atoms with Crippen LogP contribution in [-0.4, -0.2) is 39.1 Å². The van der Waals surface area contributed by atoms with Crippen molar-refractivity contribution in [1.29, 1.82) is 0 Å². The second-order valence-corrected chi connectivity index (χ2v) is 3.86. The molecule has 7 nitrogen and oxygen atoms in total. The van der Waals surface area contributed by atoms with E-state index in [9.17, 15) is 8.78 Å². The lowest BCUT2D eigenvalue weighted by atomic mass is 10.1. The van der Waals surface area contributed by atoms with Crippen LogP contribution in [0.4, 0.5) is 14.5 Å². The average Bonchev–Trinajstić information content (AvgIpc) is 2.79. The van der Waals surface area contributed by atoms with Crippen LogP contribution in [0.15, 0.2) is 17.7 Å². The molecular weight excluding hydrogens is 258 g/mol. The molecule has 0 spiro atoms. The summed E-state index contributed by atoms with van der Waals surface area (Å²) < 4.78 is 26.2. The van der Waals surface area contributed by atoms with Gasteiger partial charge in [0.2, 0.25) is 0 Å². The number of aromatic amines is 1. The molecular formula is C10H12F2N6O. The van der Waals surface area contributed by atoms with Gasteiger partial charge in [-0.25, -0.2) is 9.97 Å². The molecule has 0 atom stereocenters. The summed E-state index contributed by atoms with van der Waals surface area (Å²) in [7, 11) is 1.51. The third-order valence-corrected chi connectivity index (χ3v) is 2.38. The monoisotopic (exact) mass is 270 g/mol. The molecule has 0 aromatic carbocycles. The molecule has 0 saturated carbocycles. The lowest BCUT2D eigenvalue weighted by molar-refractivity contribution is 0.0543. The summed E-state index contributed by atoms with van der Waals surface area (Å²) in [5.74, 6) is 0.0170. The van der Waals surface area contributed by atoms with E-state index in [2.05, 4.69) is 25.4 Å². The van der Waals surface area contributed by atoms with E-state index >= 15 is 0 Å². The number of H-pyrrole nitrogens is 1. The fourth-order valence-electron chi connectivity index (χ4n) is 1.70. The summed E-state index contributed by atoms with van der Waals surface area (Å²) in [5.41, 5.74) is 0.966. The molecule has 0 unspecified atom stereocenters. The summed E-state index contributed by atoms with van der Waals surface area (Å²) in [4.78, 5) is 10.6. The van der Waals surface area contributed by atoms with E-state index in [1.165, 1.54) is 19.6 Å². The van der Waals surface area contributed by atoms with Gasteiger partial charge in [-0.1, -0.05) is 5.16 Å². The zero-order valence-electron chi connectivity index (χ0n) is 10.2. The number of pyridine rings is 1. The zero-order valence-corrected chi connectivity index (χ0v) is 10.2. The molecule has 0 bridgehead atoms. The van der Waals surface area contributed by atoms with Crippen LogP contribution in [0.1, 0.15) is 12.5 Å². The normalized spacial score (nSPS) is 12.7.